The first-order valence-corrected chi connectivity index (χ1v) is 8.59. The van der Waals surface area contributed by atoms with Gasteiger partial charge in [0.05, 0.1) is 12.3 Å². The molecule has 1 N–H and O–H groups in total. The number of rotatable bonds is 4. The second-order valence-electron chi connectivity index (χ2n) is 5.53. The van der Waals surface area contributed by atoms with Gasteiger partial charge in [-0.25, -0.2) is 9.79 Å². The molecular formula is C19H15Cl2NO4. The maximum absolute atomic E-state index is 11.9. The third-order valence-electron chi connectivity index (χ3n) is 3.66. The lowest BCUT2D eigenvalue weighted by Crippen LogP contribution is -2.13. The van der Waals surface area contributed by atoms with Crippen LogP contribution in [0.25, 0.3) is 17.4 Å². The fraction of sp³-hybridized carbons (Fsp3) is 0.158. The molecule has 0 bridgehead atoms. The Kier molecular flexibility index (Phi) is 5.20. The molecule has 2 heterocycles. The van der Waals surface area contributed by atoms with Crippen molar-refractivity contribution < 1.29 is 19.1 Å². The highest BCUT2D eigenvalue weighted by molar-refractivity contribution is 6.35. The molecule has 0 amide bonds. The van der Waals surface area contributed by atoms with Crippen molar-refractivity contribution in [3.8, 4) is 11.3 Å². The number of aliphatic imine (C=N–C) groups is 1. The summed E-state index contributed by atoms with van der Waals surface area (Å²) in [6.45, 7) is 3.54. The zero-order valence-corrected chi connectivity index (χ0v) is 15.6. The number of esters is 1. The van der Waals surface area contributed by atoms with Crippen molar-refractivity contribution in [1.82, 2.24) is 0 Å². The van der Waals surface area contributed by atoms with Crippen molar-refractivity contribution in [2.75, 3.05) is 6.61 Å². The molecule has 1 aliphatic rings. The van der Waals surface area contributed by atoms with Crippen LogP contribution in [0.3, 0.4) is 0 Å². The van der Waals surface area contributed by atoms with Crippen LogP contribution in [0.5, 0.6) is 0 Å². The lowest BCUT2D eigenvalue weighted by Gasteiger charge is -2.02. The molecule has 0 aliphatic carbocycles. The van der Waals surface area contributed by atoms with E-state index in [1.165, 1.54) is 0 Å². The summed E-state index contributed by atoms with van der Waals surface area (Å²) in [5.41, 5.74) is 1.41. The van der Waals surface area contributed by atoms with Crippen LogP contribution in [0.4, 0.5) is 0 Å². The lowest BCUT2D eigenvalue weighted by molar-refractivity contribution is -0.138. The minimum absolute atomic E-state index is 0.0616. The van der Waals surface area contributed by atoms with E-state index in [2.05, 4.69) is 4.99 Å². The van der Waals surface area contributed by atoms with Gasteiger partial charge in [0.2, 0.25) is 0 Å². The molecule has 0 unspecified atom stereocenters. The molecule has 0 fully saturated rings. The second kappa shape index (κ2) is 7.40. The van der Waals surface area contributed by atoms with Crippen LogP contribution in [-0.4, -0.2) is 23.4 Å². The largest absolute Gasteiger partial charge is 0.505 e. The van der Waals surface area contributed by atoms with Gasteiger partial charge in [0, 0.05) is 21.7 Å². The molecule has 5 nitrogen and oxygen atoms in total. The van der Waals surface area contributed by atoms with Crippen LogP contribution in [0.15, 0.2) is 56.8 Å². The minimum atomic E-state index is -0.608. The van der Waals surface area contributed by atoms with Gasteiger partial charge >= 0.3 is 5.97 Å². The molecule has 0 radical (unpaired) electrons. The molecular weight excluding hydrogens is 377 g/mol. The summed E-state index contributed by atoms with van der Waals surface area (Å²) in [6, 6.07) is 8.58. The summed E-state index contributed by atoms with van der Waals surface area (Å²) < 4.78 is 10.7. The second-order valence-corrected chi connectivity index (χ2v) is 6.40. The van der Waals surface area contributed by atoms with Crippen molar-refractivity contribution in [3.63, 3.8) is 0 Å². The molecule has 7 heteroatoms. The van der Waals surface area contributed by atoms with E-state index in [-0.39, 0.29) is 23.6 Å². The molecule has 3 rings (SSSR count). The van der Waals surface area contributed by atoms with Crippen molar-refractivity contribution in [3.05, 3.63) is 63.2 Å². The number of ether oxygens (including phenoxy) is 1. The zero-order valence-electron chi connectivity index (χ0n) is 14.0. The summed E-state index contributed by atoms with van der Waals surface area (Å²) in [6.07, 6.45) is 1.54. The fourth-order valence-corrected chi connectivity index (χ4v) is 3.08. The highest BCUT2D eigenvalue weighted by Crippen LogP contribution is 2.31. The SMILES string of the molecule is CCOC(=O)C1=C(O)/C(=C\c2ccc(-c3cc(Cl)cc(Cl)c3)o2)N=C1C. The number of carbonyl (C=O) groups excluding carboxylic acids is 1. The van der Waals surface area contributed by atoms with E-state index in [0.29, 0.717) is 27.3 Å². The Morgan fingerprint density at radius 1 is 1.27 bits per heavy atom. The number of furan rings is 1. The topological polar surface area (TPSA) is 72.0 Å². The van der Waals surface area contributed by atoms with Crippen LogP contribution in [-0.2, 0) is 9.53 Å². The van der Waals surface area contributed by atoms with E-state index >= 15 is 0 Å². The van der Waals surface area contributed by atoms with Crippen LogP contribution in [0, 0.1) is 0 Å². The van der Waals surface area contributed by atoms with Gasteiger partial charge in [0.1, 0.15) is 22.8 Å². The Bertz CT molecular complexity index is 949. The van der Waals surface area contributed by atoms with Gasteiger partial charge in [-0.15, -0.1) is 0 Å². The van der Waals surface area contributed by atoms with Crippen molar-refractivity contribution >= 4 is 41.0 Å². The van der Waals surface area contributed by atoms with Gasteiger partial charge in [0.25, 0.3) is 0 Å². The molecule has 1 aromatic carbocycles. The van der Waals surface area contributed by atoms with Crippen molar-refractivity contribution in [2.45, 2.75) is 13.8 Å². The minimum Gasteiger partial charge on any atom is -0.505 e. The van der Waals surface area contributed by atoms with Crippen molar-refractivity contribution in [2.24, 2.45) is 4.99 Å². The average Bonchev–Trinajstić information content (AvgIpc) is 3.12. The van der Waals surface area contributed by atoms with E-state index in [0.717, 1.165) is 5.56 Å². The Labute approximate surface area is 160 Å². The Morgan fingerprint density at radius 2 is 1.96 bits per heavy atom. The van der Waals surface area contributed by atoms with E-state index in [1.807, 2.05) is 0 Å². The van der Waals surface area contributed by atoms with Crippen LogP contribution >= 0.6 is 23.2 Å². The first-order chi connectivity index (χ1) is 12.4. The summed E-state index contributed by atoms with van der Waals surface area (Å²) in [5.74, 6) is 0.182. The van der Waals surface area contributed by atoms with Gasteiger partial charge in [0.15, 0.2) is 5.76 Å². The Morgan fingerprint density at radius 3 is 2.62 bits per heavy atom. The quantitative estimate of drug-likeness (QED) is 0.703. The predicted molar refractivity (Wildman–Crippen MR) is 102 cm³/mol. The van der Waals surface area contributed by atoms with Crippen LogP contribution in [0.1, 0.15) is 19.6 Å². The first-order valence-electron chi connectivity index (χ1n) is 7.83. The van der Waals surface area contributed by atoms with Gasteiger partial charge in [-0.1, -0.05) is 23.2 Å². The van der Waals surface area contributed by atoms with Gasteiger partial charge < -0.3 is 14.3 Å². The van der Waals surface area contributed by atoms with Gasteiger partial charge in [-0.2, -0.15) is 0 Å². The summed E-state index contributed by atoms with van der Waals surface area (Å²) in [5, 5.41) is 11.3. The van der Waals surface area contributed by atoms with Gasteiger partial charge in [-0.3, -0.25) is 0 Å². The molecule has 1 aromatic heterocycles. The molecule has 26 heavy (non-hydrogen) atoms. The van der Waals surface area contributed by atoms with Crippen LogP contribution in [0.2, 0.25) is 10.0 Å². The normalized spacial score (nSPS) is 15.5. The summed E-state index contributed by atoms with van der Waals surface area (Å²) >= 11 is 12.0. The molecule has 0 saturated heterocycles. The number of halogens is 2. The molecule has 134 valence electrons. The maximum atomic E-state index is 11.9. The van der Waals surface area contributed by atoms with E-state index in [9.17, 15) is 9.90 Å². The number of benzene rings is 1. The highest BCUT2D eigenvalue weighted by Gasteiger charge is 2.27. The lowest BCUT2D eigenvalue weighted by atomic mass is 10.1. The predicted octanol–water partition coefficient (Wildman–Crippen LogP) is 5.44. The number of aliphatic hydroxyl groups is 1. The average molecular weight is 392 g/mol. The van der Waals surface area contributed by atoms with E-state index in [4.69, 9.17) is 32.4 Å². The first kappa shape index (κ1) is 18.3. The zero-order chi connectivity index (χ0) is 18.8. The molecule has 1 aliphatic heterocycles. The Balaban J connectivity index is 1.92. The molecule has 2 aromatic rings. The highest BCUT2D eigenvalue weighted by atomic mass is 35.5. The van der Waals surface area contributed by atoms with Crippen LogP contribution < -0.4 is 0 Å². The smallest absolute Gasteiger partial charge is 0.343 e. The number of nitrogens with zero attached hydrogens (tertiary/aromatic N) is 1. The third kappa shape index (κ3) is 3.69. The number of carbonyl (C=O) groups is 1. The number of aliphatic hydroxyl groups excluding tert-OH is 1. The number of hydrogen-bond acceptors (Lipinski definition) is 5. The third-order valence-corrected chi connectivity index (χ3v) is 4.10. The fourth-order valence-electron chi connectivity index (χ4n) is 2.55. The summed E-state index contributed by atoms with van der Waals surface area (Å²) in [7, 11) is 0. The Hall–Kier alpha value is -2.50. The van der Waals surface area contributed by atoms with E-state index in [1.54, 1.807) is 50.3 Å². The summed E-state index contributed by atoms with van der Waals surface area (Å²) in [4.78, 5) is 16.1. The molecule has 0 atom stereocenters. The molecule has 0 spiro atoms. The standard InChI is InChI=1S/C19H15Cl2NO4/c1-3-25-19(24)17-10(2)22-15(18(17)23)9-14-4-5-16(26-14)11-6-12(20)8-13(21)7-11/h4-9,23H,3H2,1-2H3/b15-9+. The maximum Gasteiger partial charge on any atom is 0.343 e. The number of hydrogen-bond donors (Lipinski definition) is 1. The van der Waals surface area contributed by atoms with Gasteiger partial charge in [-0.05, 0) is 44.2 Å². The van der Waals surface area contributed by atoms with Crippen molar-refractivity contribution in [1.29, 1.82) is 0 Å². The molecule has 0 saturated carbocycles. The van der Waals surface area contributed by atoms with E-state index < -0.39 is 5.97 Å². The monoisotopic (exact) mass is 391 g/mol.